The fourth-order valence-electron chi connectivity index (χ4n) is 7.50. The Morgan fingerprint density at radius 2 is 1.39 bits per heavy atom. The lowest BCUT2D eigenvalue weighted by Gasteiger charge is -2.37. The standard InChI is InChI=1S/C37H31NO6/c1-21-14-15-22-16-17-30-37(35(40)25-12-8-9-13-26(25)36(37)41)31(24-19-28(42-2)34(44-4)29(20-24)43-3)32(38(30)27(22)18-21)33(39)23-10-6-5-7-11-23/h5-20,30-32H,1-4H3/t30-,31+,32+/m0/s1. The second-order valence-electron chi connectivity index (χ2n) is 11.5. The number of hydrogen-bond acceptors (Lipinski definition) is 7. The summed E-state index contributed by atoms with van der Waals surface area (Å²) in [5, 5.41) is 0. The van der Waals surface area contributed by atoms with E-state index in [1.54, 1.807) is 48.5 Å². The first kappa shape index (κ1) is 27.7. The van der Waals surface area contributed by atoms with Gasteiger partial charge in [0.1, 0.15) is 11.5 Å². The third-order valence-corrected chi connectivity index (χ3v) is 9.34. The predicted molar refractivity (Wildman–Crippen MR) is 167 cm³/mol. The van der Waals surface area contributed by atoms with E-state index in [0.29, 0.717) is 39.5 Å². The van der Waals surface area contributed by atoms with Gasteiger partial charge in [-0.05, 0) is 41.8 Å². The number of carbonyl (C=O) groups excluding carboxylic acids is 3. The van der Waals surface area contributed by atoms with Crippen LogP contribution in [0.2, 0.25) is 0 Å². The molecule has 0 aromatic heterocycles. The largest absolute Gasteiger partial charge is 0.493 e. The van der Waals surface area contributed by atoms with Crippen molar-refractivity contribution in [3.63, 3.8) is 0 Å². The van der Waals surface area contributed by atoms with E-state index in [2.05, 4.69) is 0 Å². The summed E-state index contributed by atoms with van der Waals surface area (Å²) >= 11 is 0. The summed E-state index contributed by atoms with van der Waals surface area (Å²) in [6, 6.07) is 23.9. The highest BCUT2D eigenvalue weighted by Gasteiger charge is 2.71. The molecular formula is C37H31NO6. The van der Waals surface area contributed by atoms with Gasteiger partial charge in [0.15, 0.2) is 28.8 Å². The van der Waals surface area contributed by atoms with Crippen molar-refractivity contribution in [3.8, 4) is 17.2 Å². The van der Waals surface area contributed by atoms with Crippen LogP contribution < -0.4 is 19.1 Å². The maximum Gasteiger partial charge on any atom is 0.203 e. The number of nitrogens with zero attached hydrogens (tertiary/aromatic N) is 1. The van der Waals surface area contributed by atoms with Gasteiger partial charge in [-0.2, -0.15) is 0 Å². The lowest BCUT2D eigenvalue weighted by atomic mass is 9.64. The number of hydrogen-bond donors (Lipinski definition) is 0. The molecule has 7 nitrogen and oxygen atoms in total. The van der Waals surface area contributed by atoms with E-state index in [1.807, 2.05) is 60.4 Å². The minimum Gasteiger partial charge on any atom is -0.493 e. The van der Waals surface area contributed by atoms with Crippen LogP contribution in [-0.2, 0) is 0 Å². The zero-order valence-electron chi connectivity index (χ0n) is 24.9. The molecule has 7 rings (SSSR count). The lowest BCUT2D eigenvalue weighted by Crippen LogP contribution is -2.48. The summed E-state index contributed by atoms with van der Waals surface area (Å²) in [6.45, 7) is 1.99. The number of methoxy groups -OCH3 is 3. The maximum absolute atomic E-state index is 14.9. The Labute approximate surface area is 255 Å². The maximum atomic E-state index is 14.9. The topological polar surface area (TPSA) is 82.1 Å². The summed E-state index contributed by atoms with van der Waals surface area (Å²) < 4.78 is 17.1. The van der Waals surface area contributed by atoms with Gasteiger partial charge in [0.2, 0.25) is 5.75 Å². The zero-order valence-corrected chi connectivity index (χ0v) is 24.9. The molecule has 0 saturated carbocycles. The number of aryl methyl sites for hydroxylation is 1. The van der Waals surface area contributed by atoms with Gasteiger partial charge < -0.3 is 19.1 Å². The van der Waals surface area contributed by atoms with Gasteiger partial charge in [-0.3, -0.25) is 14.4 Å². The molecule has 44 heavy (non-hydrogen) atoms. The highest BCUT2D eigenvalue weighted by Crippen LogP contribution is 2.62. The number of fused-ring (bicyclic) bond motifs is 5. The van der Waals surface area contributed by atoms with Crippen molar-refractivity contribution in [2.24, 2.45) is 5.41 Å². The van der Waals surface area contributed by atoms with Gasteiger partial charge in [0, 0.05) is 28.3 Å². The van der Waals surface area contributed by atoms with Gasteiger partial charge >= 0.3 is 0 Å². The van der Waals surface area contributed by atoms with Crippen molar-refractivity contribution < 1.29 is 28.6 Å². The molecule has 2 aliphatic heterocycles. The first-order chi connectivity index (χ1) is 21.4. The van der Waals surface area contributed by atoms with Crippen molar-refractivity contribution in [1.29, 1.82) is 0 Å². The van der Waals surface area contributed by atoms with E-state index < -0.39 is 23.4 Å². The summed E-state index contributed by atoms with van der Waals surface area (Å²) in [5.74, 6) is -0.567. The van der Waals surface area contributed by atoms with Crippen LogP contribution in [0, 0.1) is 12.3 Å². The number of benzene rings is 4. The van der Waals surface area contributed by atoms with E-state index >= 15 is 0 Å². The number of ether oxygens (including phenoxy) is 3. The molecule has 2 heterocycles. The Morgan fingerprint density at radius 1 is 0.773 bits per heavy atom. The van der Waals surface area contributed by atoms with Crippen molar-refractivity contribution >= 4 is 29.1 Å². The Bertz CT molecular complexity index is 1820. The van der Waals surface area contributed by atoms with E-state index in [-0.39, 0.29) is 17.3 Å². The molecule has 0 bridgehead atoms. The van der Waals surface area contributed by atoms with Crippen molar-refractivity contribution in [2.45, 2.75) is 24.9 Å². The number of Topliss-reactive ketones (excluding diaryl/α,β-unsaturated/α-hetero) is 3. The molecule has 3 aliphatic rings. The van der Waals surface area contributed by atoms with Crippen LogP contribution in [0.25, 0.3) is 6.08 Å². The van der Waals surface area contributed by atoms with E-state index in [0.717, 1.165) is 16.8 Å². The summed E-state index contributed by atoms with van der Waals surface area (Å²) in [5.41, 5.74) is 2.87. The van der Waals surface area contributed by atoms with Gasteiger partial charge in [0.05, 0.1) is 27.4 Å². The fourth-order valence-corrected chi connectivity index (χ4v) is 7.50. The van der Waals surface area contributed by atoms with Crippen LogP contribution >= 0.6 is 0 Å². The van der Waals surface area contributed by atoms with Crippen LogP contribution in [0.4, 0.5) is 5.69 Å². The highest BCUT2D eigenvalue weighted by atomic mass is 16.5. The molecule has 4 aromatic carbocycles. The average molecular weight is 586 g/mol. The molecule has 1 saturated heterocycles. The Balaban J connectivity index is 1.59. The van der Waals surface area contributed by atoms with Gasteiger partial charge in [-0.1, -0.05) is 78.9 Å². The molecule has 7 heteroatoms. The number of carbonyl (C=O) groups is 3. The van der Waals surface area contributed by atoms with Crippen molar-refractivity contribution in [2.75, 3.05) is 26.2 Å². The third kappa shape index (κ3) is 3.65. The van der Waals surface area contributed by atoms with Crippen LogP contribution in [0.3, 0.4) is 0 Å². The highest BCUT2D eigenvalue weighted by molar-refractivity contribution is 6.32. The van der Waals surface area contributed by atoms with Gasteiger partial charge in [0.25, 0.3) is 0 Å². The Morgan fingerprint density at radius 3 is 1.98 bits per heavy atom. The van der Waals surface area contributed by atoms with Crippen LogP contribution in [-0.4, -0.2) is 50.8 Å². The van der Waals surface area contributed by atoms with E-state index in [9.17, 15) is 14.4 Å². The molecule has 1 spiro atoms. The number of rotatable bonds is 6. The van der Waals surface area contributed by atoms with E-state index in [4.69, 9.17) is 14.2 Å². The molecule has 3 atom stereocenters. The summed E-state index contributed by atoms with van der Waals surface area (Å²) in [4.78, 5) is 46.7. The SMILES string of the molecule is COc1cc([C@@H]2[C@H](C(=O)c3ccccc3)N3c4cc(C)ccc4C=C[C@H]3C23C(=O)c2ccccc2C3=O)cc(OC)c1OC. The third-order valence-electron chi connectivity index (χ3n) is 9.34. The minimum atomic E-state index is -1.64. The van der Waals surface area contributed by atoms with Gasteiger partial charge in [-0.15, -0.1) is 0 Å². The normalized spacial score (nSPS) is 20.7. The molecule has 4 aromatic rings. The predicted octanol–water partition coefficient (Wildman–Crippen LogP) is 6.34. The van der Waals surface area contributed by atoms with Gasteiger partial charge in [-0.25, -0.2) is 0 Å². The number of ketones is 3. The van der Waals surface area contributed by atoms with Crippen LogP contribution in [0.1, 0.15) is 53.7 Å². The second kappa shape index (κ2) is 10.2. The molecule has 0 N–H and O–H groups in total. The zero-order chi connectivity index (χ0) is 30.7. The minimum absolute atomic E-state index is 0.189. The Kier molecular flexibility index (Phi) is 6.43. The Hall–Kier alpha value is -5.17. The summed E-state index contributed by atoms with van der Waals surface area (Å²) in [6.07, 6.45) is 3.88. The lowest BCUT2D eigenvalue weighted by molar-refractivity contribution is 0.0665. The average Bonchev–Trinajstić information content (AvgIpc) is 3.50. The molecule has 0 radical (unpaired) electrons. The first-order valence-electron chi connectivity index (χ1n) is 14.5. The fraction of sp³-hybridized carbons (Fsp3) is 0.216. The number of anilines is 1. The molecule has 220 valence electrons. The van der Waals surface area contributed by atoms with Crippen molar-refractivity contribution in [3.05, 3.63) is 124 Å². The molecule has 0 amide bonds. The molecule has 1 aliphatic carbocycles. The monoisotopic (exact) mass is 585 g/mol. The summed E-state index contributed by atoms with van der Waals surface area (Å²) in [7, 11) is 4.56. The second-order valence-corrected chi connectivity index (χ2v) is 11.5. The molecular weight excluding hydrogens is 554 g/mol. The van der Waals surface area contributed by atoms with Crippen molar-refractivity contribution in [1.82, 2.24) is 0 Å². The smallest absolute Gasteiger partial charge is 0.203 e. The molecule has 1 fully saturated rings. The quantitative estimate of drug-likeness (QED) is 0.193. The van der Waals surface area contributed by atoms with Crippen LogP contribution in [0.15, 0.2) is 91.0 Å². The van der Waals surface area contributed by atoms with Crippen LogP contribution in [0.5, 0.6) is 17.2 Å². The first-order valence-corrected chi connectivity index (χ1v) is 14.5. The van der Waals surface area contributed by atoms with E-state index in [1.165, 1.54) is 21.3 Å². The molecule has 0 unspecified atom stereocenters.